The molecule has 1 aromatic heterocycles. The van der Waals surface area contributed by atoms with Gasteiger partial charge in [-0.3, -0.25) is 10.2 Å². The summed E-state index contributed by atoms with van der Waals surface area (Å²) in [6, 6.07) is 4.08. The van der Waals surface area contributed by atoms with Crippen molar-refractivity contribution in [2.24, 2.45) is 7.05 Å². The van der Waals surface area contributed by atoms with E-state index in [1.807, 2.05) is 5.43 Å². The van der Waals surface area contributed by atoms with Crippen molar-refractivity contribution in [1.82, 2.24) is 14.8 Å². The highest BCUT2D eigenvalue weighted by Gasteiger charge is 2.24. The van der Waals surface area contributed by atoms with Gasteiger partial charge >= 0.3 is 0 Å². The lowest BCUT2D eigenvalue weighted by molar-refractivity contribution is 0.0937. The molecule has 0 radical (unpaired) electrons. The zero-order valence-electron chi connectivity index (χ0n) is 11.1. The van der Waals surface area contributed by atoms with Crippen LogP contribution in [0.15, 0.2) is 39.8 Å². The SMILES string of the molecule is Cn1cc(Br)cc1C(=O)NNS(=O)(=O)c1c(F)cccc1F. The summed E-state index contributed by atoms with van der Waals surface area (Å²) in [5.41, 5.74) is 2.04. The fourth-order valence-electron chi connectivity index (χ4n) is 1.72. The summed E-state index contributed by atoms with van der Waals surface area (Å²) in [7, 11) is -3.01. The van der Waals surface area contributed by atoms with Crippen LogP contribution in [0.3, 0.4) is 0 Å². The maximum atomic E-state index is 13.5. The molecule has 2 N–H and O–H groups in total. The Hall–Kier alpha value is -1.78. The molecule has 0 spiro atoms. The summed E-state index contributed by atoms with van der Waals surface area (Å²) in [5.74, 6) is -3.31. The number of aryl methyl sites for hydroxylation is 1. The van der Waals surface area contributed by atoms with Crippen molar-refractivity contribution in [3.63, 3.8) is 0 Å². The van der Waals surface area contributed by atoms with Gasteiger partial charge in [0.05, 0.1) is 0 Å². The van der Waals surface area contributed by atoms with Gasteiger partial charge in [0.25, 0.3) is 15.9 Å². The van der Waals surface area contributed by atoms with Crippen molar-refractivity contribution in [3.05, 3.63) is 52.3 Å². The number of amides is 1. The second kappa shape index (κ2) is 6.15. The van der Waals surface area contributed by atoms with Crippen LogP contribution in [-0.2, 0) is 17.1 Å². The standard InChI is InChI=1S/C12H10BrF2N3O3S/c1-18-6-7(13)5-10(18)12(19)16-17-22(20,21)11-8(14)3-2-4-9(11)15/h2-6,17H,1H3,(H,16,19). The van der Waals surface area contributed by atoms with Crippen LogP contribution in [0.5, 0.6) is 0 Å². The number of rotatable bonds is 4. The van der Waals surface area contributed by atoms with Crippen molar-refractivity contribution >= 4 is 31.9 Å². The fourth-order valence-corrected chi connectivity index (χ4v) is 3.22. The molecule has 0 saturated heterocycles. The highest BCUT2D eigenvalue weighted by Crippen LogP contribution is 2.17. The van der Waals surface area contributed by atoms with Gasteiger partial charge in [-0.05, 0) is 34.1 Å². The number of sulfonamides is 1. The smallest absolute Gasteiger partial charge is 0.282 e. The van der Waals surface area contributed by atoms with Gasteiger partial charge in [-0.1, -0.05) is 6.07 Å². The summed E-state index contributed by atoms with van der Waals surface area (Å²) in [6.45, 7) is 0. The molecule has 10 heteroatoms. The molecule has 0 saturated carbocycles. The van der Waals surface area contributed by atoms with Gasteiger partial charge < -0.3 is 4.57 Å². The van der Waals surface area contributed by atoms with Gasteiger partial charge in [-0.25, -0.2) is 17.2 Å². The van der Waals surface area contributed by atoms with Crippen LogP contribution in [-0.4, -0.2) is 18.9 Å². The zero-order valence-corrected chi connectivity index (χ0v) is 13.5. The number of nitrogens with one attached hydrogen (secondary N) is 2. The van der Waals surface area contributed by atoms with E-state index in [0.717, 1.165) is 18.2 Å². The molecule has 118 valence electrons. The Labute approximate surface area is 133 Å². The number of benzene rings is 1. The first-order chi connectivity index (χ1) is 10.2. The summed E-state index contributed by atoms with van der Waals surface area (Å²) in [4.78, 5) is 12.4. The zero-order chi connectivity index (χ0) is 16.5. The summed E-state index contributed by atoms with van der Waals surface area (Å²) in [6.07, 6.45) is 1.58. The molecule has 0 aliphatic heterocycles. The summed E-state index contributed by atoms with van der Waals surface area (Å²) >= 11 is 3.16. The Kier molecular flexibility index (Phi) is 4.63. The van der Waals surface area contributed by atoms with Crippen LogP contribution >= 0.6 is 15.9 Å². The predicted octanol–water partition coefficient (Wildman–Crippen LogP) is 1.69. The first-order valence-electron chi connectivity index (χ1n) is 5.80. The third-order valence-electron chi connectivity index (χ3n) is 2.69. The Morgan fingerprint density at radius 1 is 1.27 bits per heavy atom. The van der Waals surface area contributed by atoms with Gasteiger partial charge in [0.1, 0.15) is 17.3 Å². The van der Waals surface area contributed by atoms with Gasteiger partial charge in [0.15, 0.2) is 4.90 Å². The number of carbonyl (C=O) groups is 1. The van der Waals surface area contributed by atoms with Gasteiger partial charge in [-0.2, -0.15) is 0 Å². The van der Waals surface area contributed by atoms with Crippen molar-refractivity contribution in [2.45, 2.75) is 4.90 Å². The Bertz CT molecular complexity index is 816. The van der Waals surface area contributed by atoms with E-state index in [4.69, 9.17) is 0 Å². The lowest BCUT2D eigenvalue weighted by Crippen LogP contribution is -2.42. The van der Waals surface area contributed by atoms with Crippen LogP contribution in [0, 0.1) is 11.6 Å². The predicted molar refractivity (Wildman–Crippen MR) is 77.3 cm³/mol. The van der Waals surface area contributed by atoms with Crippen LogP contribution < -0.4 is 10.3 Å². The molecular formula is C12H10BrF2N3O3S. The number of hydrogen-bond donors (Lipinski definition) is 2. The quantitative estimate of drug-likeness (QED) is 0.775. The van der Waals surface area contributed by atoms with E-state index in [2.05, 4.69) is 15.9 Å². The van der Waals surface area contributed by atoms with E-state index in [-0.39, 0.29) is 5.69 Å². The van der Waals surface area contributed by atoms with Gasteiger partial charge in [-0.15, -0.1) is 4.83 Å². The first-order valence-corrected chi connectivity index (χ1v) is 8.08. The number of hydrazine groups is 1. The maximum absolute atomic E-state index is 13.5. The van der Waals surface area contributed by atoms with E-state index in [9.17, 15) is 22.0 Å². The third-order valence-corrected chi connectivity index (χ3v) is 4.42. The van der Waals surface area contributed by atoms with Crippen LogP contribution in [0.1, 0.15) is 10.5 Å². The average Bonchev–Trinajstić information content (AvgIpc) is 2.75. The molecule has 22 heavy (non-hydrogen) atoms. The number of hydrogen-bond acceptors (Lipinski definition) is 3. The van der Waals surface area contributed by atoms with E-state index in [1.165, 1.54) is 10.6 Å². The molecule has 0 aliphatic rings. The second-order valence-electron chi connectivity index (χ2n) is 4.26. The number of halogens is 3. The summed E-state index contributed by atoms with van der Waals surface area (Å²) < 4.78 is 52.8. The molecule has 1 aromatic carbocycles. The van der Waals surface area contributed by atoms with E-state index >= 15 is 0 Å². The highest BCUT2D eigenvalue weighted by atomic mass is 79.9. The largest absolute Gasteiger partial charge is 0.345 e. The topological polar surface area (TPSA) is 80.2 Å². The van der Waals surface area contributed by atoms with Crippen molar-refractivity contribution < 1.29 is 22.0 Å². The molecule has 0 unspecified atom stereocenters. The van der Waals surface area contributed by atoms with E-state index in [0.29, 0.717) is 4.47 Å². The summed E-state index contributed by atoms with van der Waals surface area (Å²) in [5, 5.41) is 0. The molecule has 1 amide bonds. The molecule has 1 heterocycles. The average molecular weight is 394 g/mol. The normalized spacial score (nSPS) is 11.5. The molecule has 0 aliphatic carbocycles. The van der Waals surface area contributed by atoms with Crippen molar-refractivity contribution in [3.8, 4) is 0 Å². The van der Waals surface area contributed by atoms with Gasteiger partial charge in [0.2, 0.25) is 0 Å². The Morgan fingerprint density at radius 3 is 2.36 bits per heavy atom. The number of nitrogens with zero attached hydrogens (tertiary/aromatic N) is 1. The molecule has 0 atom stereocenters. The monoisotopic (exact) mass is 393 g/mol. The molecule has 0 bridgehead atoms. The Morgan fingerprint density at radius 2 is 1.86 bits per heavy atom. The molecule has 2 aromatic rings. The molecule has 0 fully saturated rings. The lowest BCUT2D eigenvalue weighted by atomic mass is 10.3. The number of aromatic nitrogens is 1. The van der Waals surface area contributed by atoms with E-state index < -0.39 is 32.5 Å². The van der Waals surface area contributed by atoms with E-state index in [1.54, 1.807) is 18.1 Å². The maximum Gasteiger partial charge on any atom is 0.282 e. The minimum absolute atomic E-state index is 0.142. The van der Waals surface area contributed by atoms with Crippen LogP contribution in [0.2, 0.25) is 0 Å². The Balaban J connectivity index is 2.20. The highest BCUT2D eigenvalue weighted by molar-refractivity contribution is 9.10. The molecule has 6 nitrogen and oxygen atoms in total. The third kappa shape index (κ3) is 3.34. The minimum atomic E-state index is -4.58. The van der Waals surface area contributed by atoms with Crippen LogP contribution in [0.25, 0.3) is 0 Å². The van der Waals surface area contributed by atoms with Crippen molar-refractivity contribution in [2.75, 3.05) is 0 Å². The van der Waals surface area contributed by atoms with Crippen LogP contribution in [0.4, 0.5) is 8.78 Å². The molecule has 2 rings (SSSR count). The first kappa shape index (κ1) is 16.6. The van der Waals surface area contributed by atoms with Gasteiger partial charge in [0, 0.05) is 17.7 Å². The minimum Gasteiger partial charge on any atom is -0.345 e. The molecular weight excluding hydrogens is 384 g/mol. The fraction of sp³-hybridized carbons (Fsp3) is 0.0833. The lowest BCUT2D eigenvalue weighted by Gasteiger charge is -2.10. The second-order valence-corrected chi connectivity index (χ2v) is 6.80. The number of carbonyl (C=O) groups excluding carboxylic acids is 1. The van der Waals surface area contributed by atoms with Crippen molar-refractivity contribution in [1.29, 1.82) is 0 Å².